The highest BCUT2D eigenvalue weighted by molar-refractivity contribution is 7.99. The summed E-state index contributed by atoms with van der Waals surface area (Å²) >= 11 is 1.49. The van der Waals surface area contributed by atoms with Crippen molar-refractivity contribution in [1.29, 1.82) is 0 Å². The molecule has 1 aromatic heterocycles. The number of anilines is 1. The van der Waals surface area contributed by atoms with E-state index in [1.54, 1.807) is 18.5 Å². The standard InChI is InChI=1S/C16H20N4OS.ClH/c1-11-10-13(22-16-18-8-3-9-19-16)5-6-14(11)20-15(21)7-4-12(2)17;/h3,5-6,8-10,12H,4,7,17H2,1-2H3,(H,20,21);1H. The number of halogens is 1. The molecule has 124 valence electrons. The van der Waals surface area contributed by atoms with Gasteiger partial charge in [0.1, 0.15) is 0 Å². The number of carbonyl (C=O) groups is 1. The molecule has 23 heavy (non-hydrogen) atoms. The van der Waals surface area contributed by atoms with Gasteiger partial charge in [0, 0.05) is 35.4 Å². The minimum absolute atomic E-state index is 0. The molecule has 1 atom stereocenters. The molecule has 0 aliphatic carbocycles. The first-order valence-electron chi connectivity index (χ1n) is 7.15. The lowest BCUT2D eigenvalue weighted by molar-refractivity contribution is -0.116. The summed E-state index contributed by atoms with van der Waals surface area (Å²) in [6.07, 6.45) is 4.56. The normalized spacial score (nSPS) is 11.4. The summed E-state index contributed by atoms with van der Waals surface area (Å²) in [5.74, 6) is -0.00723. The monoisotopic (exact) mass is 352 g/mol. The molecule has 0 saturated heterocycles. The van der Waals surface area contributed by atoms with Crippen LogP contribution in [0.2, 0.25) is 0 Å². The Kier molecular flexibility index (Phi) is 8.02. The molecule has 7 heteroatoms. The number of nitrogens with two attached hydrogens (primary N) is 1. The topological polar surface area (TPSA) is 80.9 Å². The molecule has 0 radical (unpaired) electrons. The summed E-state index contributed by atoms with van der Waals surface area (Å²) < 4.78 is 0. The van der Waals surface area contributed by atoms with Gasteiger partial charge in [-0.15, -0.1) is 12.4 Å². The molecular weight excluding hydrogens is 332 g/mol. The van der Waals surface area contributed by atoms with Crippen molar-refractivity contribution in [3.63, 3.8) is 0 Å². The Hall–Kier alpha value is -1.63. The van der Waals surface area contributed by atoms with Crippen LogP contribution in [-0.2, 0) is 4.79 Å². The molecule has 1 aromatic carbocycles. The summed E-state index contributed by atoms with van der Waals surface area (Å²) in [6, 6.07) is 7.70. The van der Waals surface area contributed by atoms with E-state index in [2.05, 4.69) is 15.3 Å². The van der Waals surface area contributed by atoms with E-state index in [0.29, 0.717) is 18.0 Å². The van der Waals surface area contributed by atoms with E-state index in [-0.39, 0.29) is 24.4 Å². The van der Waals surface area contributed by atoms with Gasteiger partial charge in [-0.2, -0.15) is 0 Å². The Labute approximate surface area is 146 Å². The molecule has 1 unspecified atom stereocenters. The van der Waals surface area contributed by atoms with Crippen LogP contribution in [-0.4, -0.2) is 21.9 Å². The molecule has 1 amide bonds. The van der Waals surface area contributed by atoms with E-state index in [1.807, 2.05) is 32.0 Å². The summed E-state index contributed by atoms with van der Waals surface area (Å²) in [4.78, 5) is 21.3. The summed E-state index contributed by atoms with van der Waals surface area (Å²) in [5, 5.41) is 3.63. The van der Waals surface area contributed by atoms with E-state index in [9.17, 15) is 4.79 Å². The fraction of sp³-hybridized carbons (Fsp3) is 0.312. The number of benzene rings is 1. The number of nitrogens with one attached hydrogen (secondary N) is 1. The number of hydrogen-bond donors (Lipinski definition) is 2. The first-order valence-corrected chi connectivity index (χ1v) is 7.97. The molecule has 0 bridgehead atoms. The lowest BCUT2D eigenvalue weighted by Gasteiger charge is -2.10. The van der Waals surface area contributed by atoms with Crippen LogP contribution in [0.25, 0.3) is 0 Å². The van der Waals surface area contributed by atoms with E-state index in [1.165, 1.54) is 11.8 Å². The third kappa shape index (κ3) is 6.56. The molecular formula is C16H21ClN4OS. The fourth-order valence-corrected chi connectivity index (χ4v) is 2.66. The van der Waals surface area contributed by atoms with Crippen molar-refractivity contribution in [3.05, 3.63) is 42.2 Å². The van der Waals surface area contributed by atoms with Gasteiger partial charge in [-0.05, 0) is 61.9 Å². The van der Waals surface area contributed by atoms with Gasteiger partial charge in [-0.3, -0.25) is 4.79 Å². The van der Waals surface area contributed by atoms with E-state index in [4.69, 9.17) is 5.73 Å². The second-order valence-corrected chi connectivity index (χ2v) is 6.21. The lowest BCUT2D eigenvalue weighted by Crippen LogP contribution is -2.19. The molecule has 1 heterocycles. The maximum Gasteiger partial charge on any atom is 0.224 e. The third-order valence-electron chi connectivity index (χ3n) is 3.05. The number of hydrogen-bond acceptors (Lipinski definition) is 5. The highest BCUT2D eigenvalue weighted by atomic mass is 35.5. The molecule has 0 spiro atoms. The Morgan fingerprint density at radius 2 is 2.04 bits per heavy atom. The Morgan fingerprint density at radius 3 is 2.65 bits per heavy atom. The first kappa shape index (κ1) is 19.4. The van der Waals surface area contributed by atoms with Gasteiger partial charge in [-0.1, -0.05) is 0 Å². The fourth-order valence-electron chi connectivity index (χ4n) is 1.85. The number of rotatable bonds is 6. The highest BCUT2D eigenvalue weighted by Crippen LogP contribution is 2.27. The van der Waals surface area contributed by atoms with E-state index >= 15 is 0 Å². The summed E-state index contributed by atoms with van der Waals surface area (Å²) in [6.45, 7) is 3.87. The Balaban J connectivity index is 0.00000264. The zero-order chi connectivity index (χ0) is 15.9. The van der Waals surface area contributed by atoms with Crippen molar-refractivity contribution in [2.75, 3.05) is 5.32 Å². The molecule has 0 aliphatic heterocycles. The van der Waals surface area contributed by atoms with Crippen LogP contribution >= 0.6 is 24.2 Å². The van der Waals surface area contributed by atoms with Crippen molar-refractivity contribution in [2.24, 2.45) is 5.73 Å². The van der Waals surface area contributed by atoms with Crippen molar-refractivity contribution in [2.45, 2.75) is 42.8 Å². The number of carbonyl (C=O) groups excluding carboxylic acids is 1. The van der Waals surface area contributed by atoms with Crippen LogP contribution in [0.4, 0.5) is 5.69 Å². The quantitative estimate of drug-likeness (QED) is 0.778. The van der Waals surface area contributed by atoms with Gasteiger partial charge in [0.2, 0.25) is 5.91 Å². The van der Waals surface area contributed by atoms with E-state index in [0.717, 1.165) is 16.1 Å². The Morgan fingerprint density at radius 1 is 1.35 bits per heavy atom. The zero-order valence-corrected chi connectivity index (χ0v) is 14.8. The lowest BCUT2D eigenvalue weighted by atomic mass is 10.1. The van der Waals surface area contributed by atoms with Crippen LogP contribution in [0.15, 0.2) is 46.7 Å². The first-order chi connectivity index (χ1) is 10.5. The van der Waals surface area contributed by atoms with Crippen molar-refractivity contribution >= 4 is 35.8 Å². The van der Waals surface area contributed by atoms with Crippen LogP contribution in [0.1, 0.15) is 25.3 Å². The molecule has 0 fully saturated rings. The molecule has 0 aliphatic rings. The second kappa shape index (κ2) is 9.50. The summed E-state index contributed by atoms with van der Waals surface area (Å²) in [5.41, 5.74) is 7.50. The molecule has 3 N–H and O–H groups in total. The van der Waals surface area contributed by atoms with Gasteiger partial charge in [0.25, 0.3) is 0 Å². The highest BCUT2D eigenvalue weighted by Gasteiger charge is 2.08. The van der Waals surface area contributed by atoms with Crippen molar-refractivity contribution in [3.8, 4) is 0 Å². The minimum atomic E-state index is -0.00723. The van der Waals surface area contributed by atoms with Crippen molar-refractivity contribution < 1.29 is 4.79 Å². The maximum absolute atomic E-state index is 11.9. The predicted molar refractivity (Wildman–Crippen MR) is 96.1 cm³/mol. The van der Waals surface area contributed by atoms with Gasteiger partial charge >= 0.3 is 0 Å². The number of nitrogens with zero attached hydrogens (tertiary/aromatic N) is 2. The average molecular weight is 353 g/mol. The third-order valence-corrected chi connectivity index (χ3v) is 3.93. The van der Waals surface area contributed by atoms with Crippen molar-refractivity contribution in [1.82, 2.24) is 9.97 Å². The van der Waals surface area contributed by atoms with Gasteiger partial charge < -0.3 is 11.1 Å². The van der Waals surface area contributed by atoms with Gasteiger partial charge in [-0.25, -0.2) is 9.97 Å². The van der Waals surface area contributed by atoms with Crippen LogP contribution < -0.4 is 11.1 Å². The van der Waals surface area contributed by atoms with Crippen LogP contribution in [0.3, 0.4) is 0 Å². The van der Waals surface area contributed by atoms with Crippen LogP contribution in [0, 0.1) is 6.92 Å². The SMILES string of the molecule is Cc1cc(Sc2ncccn2)ccc1NC(=O)CCC(C)N.Cl. The Bertz CT molecular complexity index is 637. The largest absolute Gasteiger partial charge is 0.328 e. The smallest absolute Gasteiger partial charge is 0.224 e. The van der Waals surface area contributed by atoms with Gasteiger partial charge in [0.15, 0.2) is 5.16 Å². The van der Waals surface area contributed by atoms with Crippen LogP contribution in [0.5, 0.6) is 0 Å². The number of aromatic nitrogens is 2. The minimum Gasteiger partial charge on any atom is -0.328 e. The number of aryl methyl sites for hydroxylation is 1. The zero-order valence-electron chi connectivity index (χ0n) is 13.2. The van der Waals surface area contributed by atoms with E-state index < -0.39 is 0 Å². The summed E-state index contributed by atoms with van der Waals surface area (Å²) in [7, 11) is 0. The maximum atomic E-state index is 11.9. The molecule has 2 aromatic rings. The number of amides is 1. The molecule has 2 rings (SSSR count). The second-order valence-electron chi connectivity index (χ2n) is 5.17. The van der Waals surface area contributed by atoms with Gasteiger partial charge in [0.05, 0.1) is 0 Å². The molecule has 0 saturated carbocycles. The molecule has 5 nitrogen and oxygen atoms in total. The average Bonchev–Trinajstić information content (AvgIpc) is 2.49. The predicted octanol–water partition coefficient (Wildman–Crippen LogP) is 3.42.